The SMILES string of the molecule is CO[C@H]1C(OC(=O)c2ccccc2)[C@@H](COP(=O)(OCCC#N)OC2C[C@H](n3cc(-c4ccccc4)c(=O)[nH]c3=O)O[C@@H]2CO)O[C@H]1n1cnc2c(NC(=O)c3ccccc3)ncnc21. The number of phosphoric acid groups is 1. The first-order chi connectivity index (χ1) is 31.6. The standard InChI is InChI=1S/C43H41N8O13P/c1-58-36-35(63-42(55)28-16-9-4-10-17-28)32(62-41(36)51-25-47-34-37(45-24-46-38(34)51)48-39(53)27-14-7-3-8-15-27)23-60-65(57,59-19-11-18-44)64-30-20-33(61-31(30)22-52)50-21-29(40(54)49-43(50)56)26-12-5-2-6-13-26/h2-10,12-17,21,24-25,30-33,35-36,41,52H,11,19-20,22-23H2,1H3,(H,49,54,56)(H,45,46,48,53)/t30?,31-,32-,33-,35?,36+,41-,65?/m1/s1. The minimum Gasteiger partial charge on any atom is -0.453 e. The number of methoxy groups -OCH3 is 1. The predicted octanol–water partition coefficient (Wildman–Crippen LogP) is 4.15. The number of carbonyl (C=O) groups is 2. The summed E-state index contributed by atoms with van der Waals surface area (Å²) in [5.74, 6) is -1.07. The largest absolute Gasteiger partial charge is 0.475 e. The molecule has 6 aromatic rings. The Morgan fingerprint density at radius 2 is 1.63 bits per heavy atom. The zero-order chi connectivity index (χ0) is 45.5. The first-order valence-electron chi connectivity index (χ1n) is 20.2. The van der Waals surface area contributed by atoms with E-state index < -0.39 is 93.7 Å². The summed E-state index contributed by atoms with van der Waals surface area (Å²) in [6.45, 7) is -1.67. The van der Waals surface area contributed by atoms with Crippen LogP contribution >= 0.6 is 7.82 Å². The Labute approximate surface area is 369 Å². The summed E-state index contributed by atoms with van der Waals surface area (Å²) < 4.78 is 59.1. The molecular weight excluding hydrogens is 867 g/mol. The van der Waals surface area contributed by atoms with E-state index in [1.165, 1.54) is 30.5 Å². The van der Waals surface area contributed by atoms with E-state index in [1.807, 2.05) is 6.07 Å². The molecular formula is C43H41N8O13P. The maximum atomic E-state index is 14.6. The van der Waals surface area contributed by atoms with Crippen molar-refractivity contribution in [3.8, 4) is 17.2 Å². The van der Waals surface area contributed by atoms with E-state index in [0.717, 1.165) is 4.57 Å². The Bertz CT molecular complexity index is 2840. The lowest BCUT2D eigenvalue weighted by Gasteiger charge is -2.26. The van der Waals surface area contributed by atoms with Crippen LogP contribution in [-0.4, -0.2) is 104 Å². The van der Waals surface area contributed by atoms with Gasteiger partial charge in [-0.05, 0) is 29.8 Å². The second-order valence-electron chi connectivity index (χ2n) is 14.6. The summed E-state index contributed by atoms with van der Waals surface area (Å²) in [7, 11) is -3.37. The molecule has 2 aliphatic heterocycles. The zero-order valence-corrected chi connectivity index (χ0v) is 35.3. The van der Waals surface area contributed by atoms with Crippen LogP contribution in [-0.2, 0) is 37.1 Å². The van der Waals surface area contributed by atoms with Crippen molar-refractivity contribution in [1.29, 1.82) is 5.26 Å². The summed E-state index contributed by atoms with van der Waals surface area (Å²) in [6, 6.07) is 27.2. The lowest BCUT2D eigenvalue weighted by Crippen LogP contribution is -2.39. The topological polar surface area (TPSA) is 270 Å². The van der Waals surface area contributed by atoms with E-state index in [1.54, 1.807) is 91.0 Å². The number of esters is 1. The number of amides is 1. The third kappa shape index (κ3) is 9.85. The Kier molecular flexibility index (Phi) is 13.8. The highest BCUT2D eigenvalue weighted by Gasteiger charge is 2.51. The van der Waals surface area contributed by atoms with Gasteiger partial charge in [0.05, 0.1) is 49.8 Å². The number of aromatic nitrogens is 6. The van der Waals surface area contributed by atoms with Gasteiger partial charge in [0, 0.05) is 25.3 Å². The van der Waals surface area contributed by atoms with Crippen LogP contribution in [0.2, 0.25) is 0 Å². The van der Waals surface area contributed by atoms with Gasteiger partial charge in [0.15, 0.2) is 29.3 Å². The van der Waals surface area contributed by atoms with Crippen molar-refractivity contribution in [1.82, 2.24) is 29.1 Å². The molecule has 3 aromatic heterocycles. The normalized spacial score (nSPS) is 22.6. The highest BCUT2D eigenvalue weighted by atomic mass is 31.2. The van der Waals surface area contributed by atoms with E-state index in [-0.39, 0.29) is 41.0 Å². The number of nitriles is 1. The lowest BCUT2D eigenvalue weighted by molar-refractivity contribution is -0.0647. The molecule has 3 N–H and O–H groups in total. The molecule has 2 fully saturated rings. The van der Waals surface area contributed by atoms with Crippen molar-refractivity contribution in [2.45, 2.75) is 55.8 Å². The zero-order valence-electron chi connectivity index (χ0n) is 34.4. The van der Waals surface area contributed by atoms with Gasteiger partial charge in [-0.15, -0.1) is 0 Å². The summed E-state index contributed by atoms with van der Waals surface area (Å²) in [5.41, 5.74) is 0.278. The van der Waals surface area contributed by atoms with E-state index in [0.29, 0.717) is 11.1 Å². The third-order valence-electron chi connectivity index (χ3n) is 10.6. The molecule has 336 valence electrons. The van der Waals surface area contributed by atoms with Gasteiger partial charge < -0.3 is 29.4 Å². The van der Waals surface area contributed by atoms with E-state index >= 15 is 0 Å². The number of H-pyrrole nitrogens is 1. The molecule has 2 aliphatic rings. The minimum atomic E-state index is -4.74. The Balaban J connectivity index is 1.06. The van der Waals surface area contributed by atoms with Gasteiger partial charge in [-0.1, -0.05) is 66.7 Å². The molecule has 0 radical (unpaired) electrons. The fourth-order valence-electron chi connectivity index (χ4n) is 7.42. The van der Waals surface area contributed by atoms with Crippen LogP contribution < -0.4 is 16.6 Å². The molecule has 5 heterocycles. The molecule has 2 saturated heterocycles. The smallest absolute Gasteiger partial charge is 0.453 e. The van der Waals surface area contributed by atoms with Crippen molar-refractivity contribution < 1.29 is 51.8 Å². The first kappa shape index (κ1) is 44.9. The number of aromatic amines is 1. The molecule has 0 saturated carbocycles. The van der Waals surface area contributed by atoms with Crippen LogP contribution in [0, 0.1) is 11.3 Å². The maximum Gasteiger partial charge on any atom is 0.475 e. The van der Waals surface area contributed by atoms with Gasteiger partial charge in [-0.2, -0.15) is 5.26 Å². The molecule has 22 heteroatoms. The van der Waals surface area contributed by atoms with Gasteiger partial charge in [0.25, 0.3) is 11.5 Å². The Morgan fingerprint density at radius 1 is 0.923 bits per heavy atom. The summed E-state index contributed by atoms with van der Waals surface area (Å²) >= 11 is 0. The van der Waals surface area contributed by atoms with Crippen LogP contribution in [0.15, 0.2) is 119 Å². The van der Waals surface area contributed by atoms with Crippen molar-refractivity contribution in [2.24, 2.45) is 0 Å². The highest BCUT2D eigenvalue weighted by molar-refractivity contribution is 7.48. The molecule has 1 amide bonds. The van der Waals surface area contributed by atoms with Gasteiger partial charge in [0.1, 0.15) is 37.0 Å². The van der Waals surface area contributed by atoms with Gasteiger partial charge in [-0.25, -0.2) is 29.1 Å². The molecule has 0 spiro atoms. The van der Waals surface area contributed by atoms with Crippen LogP contribution in [0.3, 0.4) is 0 Å². The number of phosphoric ester groups is 1. The maximum absolute atomic E-state index is 14.6. The second-order valence-corrected chi connectivity index (χ2v) is 16.2. The number of imidazole rings is 1. The van der Waals surface area contributed by atoms with Crippen LogP contribution in [0.5, 0.6) is 0 Å². The van der Waals surface area contributed by atoms with Crippen molar-refractivity contribution in [3.63, 3.8) is 0 Å². The summed E-state index contributed by atoms with van der Waals surface area (Å²) in [5, 5.41) is 22.4. The number of hydrogen-bond acceptors (Lipinski definition) is 17. The quantitative estimate of drug-likeness (QED) is 0.0659. The molecule has 8 rings (SSSR count). The number of benzene rings is 3. The Hall–Kier alpha value is -6.73. The number of aliphatic hydroxyl groups excluding tert-OH is 1. The third-order valence-corrected chi connectivity index (χ3v) is 12.1. The number of ether oxygens (including phenoxy) is 4. The van der Waals surface area contributed by atoms with Crippen molar-refractivity contribution in [2.75, 3.05) is 32.2 Å². The average Bonchev–Trinajstić information content (AvgIpc) is 4.04. The fourth-order valence-corrected chi connectivity index (χ4v) is 8.82. The van der Waals surface area contributed by atoms with Crippen LogP contribution in [0.25, 0.3) is 22.3 Å². The van der Waals surface area contributed by atoms with Crippen LogP contribution in [0.4, 0.5) is 5.82 Å². The number of rotatable bonds is 17. The predicted molar refractivity (Wildman–Crippen MR) is 227 cm³/mol. The second kappa shape index (κ2) is 20.0. The van der Waals surface area contributed by atoms with Crippen molar-refractivity contribution >= 4 is 36.7 Å². The number of anilines is 1. The van der Waals surface area contributed by atoms with Crippen LogP contribution in [0.1, 0.15) is 46.0 Å². The summed E-state index contributed by atoms with van der Waals surface area (Å²) in [6.07, 6.45) is -4.66. The number of fused-ring (bicyclic) bond motifs is 1. The number of hydrogen-bond donors (Lipinski definition) is 3. The minimum absolute atomic E-state index is 0.107. The van der Waals surface area contributed by atoms with Gasteiger partial charge >= 0.3 is 19.5 Å². The first-order valence-corrected chi connectivity index (χ1v) is 21.7. The van der Waals surface area contributed by atoms with Gasteiger partial charge in [-0.3, -0.25) is 37.3 Å². The average molecular weight is 909 g/mol. The summed E-state index contributed by atoms with van der Waals surface area (Å²) in [4.78, 5) is 67.8. The molecule has 3 unspecified atom stereocenters. The van der Waals surface area contributed by atoms with Crippen molar-refractivity contribution in [3.05, 3.63) is 142 Å². The van der Waals surface area contributed by atoms with Gasteiger partial charge in [0.2, 0.25) is 0 Å². The number of carbonyl (C=O) groups excluding carboxylic acids is 2. The lowest BCUT2D eigenvalue weighted by atomic mass is 10.1. The van der Waals surface area contributed by atoms with E-state index in [4.69, 9.17) is 32.5 Å². The fraction of sp³-hybridized carbons (Fsp3) is 0.302. The van der Waals surface area contributed by atoms with E-state index in [2.05, 4.69) is 25.3 Å². The van der Waals surface area contributed by atoms with E-state index in [9.17, 15) is 34.1 Å². The number of nitrogens with zero attached hydrogens (tertiary/aromatic N) is 6. The molecule has 65 heavy (non-hydrogen) atoms. The molecule has 3 aromatic carbocycles. The monoisotopic (exact) mass is 908 g/mol. The Morgan fingerprint density at radius 3 is 2.32 bits per heavy atom. The highest BCUT2D eigenvalue weighted by Crippen LogP contribution is 2.54. The molecule has 21 nitrogen and oxygen atoms in total. The molecule has 0 bridgehead atoms. The number of nitrogens with one attached hydrogen (secondary N) is 2. The number of aliphatic hydroxyl groups is 1. The molecule has 0 aliphatic carbocycles. The molecule has 8 atom stereocenters.